The molecule has 10 nitrogen and oxygen atoms in total. The highest BCUT2D eigenvalue weighted by Crippen LogP contribution is 2.39. The van der Waals surface area contributed by atoms with Crippen LogP contribution in [0.4, 0.5) is 17.5 Å². The number of benzene rings is 1. The molecule has 0 spiro atoms. The normalized spacial score (nSPS) is 12.8. The summed E-state index contributed by atoms with van der Waals surface area (Å²) >= 11 is 0. The maximum atomic E-state index is 13.6. The summed E-state index contributed by atoms with van der Waals surface area (Å²) in [7, 11) is 1.89. The van der Waals surface area contributed by atoms with Crippen molar-refractivity contribution >= 4 is 34.3 Å². The Morgan fingerprint density at radius 3 is 2.67 bits per heavy atom. The molecule has 10 heteroatoms. The number of para-hydroxylation sites is 1. The molecule has 1 aromatic carbocycles. The Kier molecular flexibility index (Phi) is 5.41. The third-order valence-electron chi connectivity index (χ3n) is 7.36. The van der Waals surface area contributed by atoms with Gasteiger partial charge in [-0.2, -0.15) is 5.10 Å². The molecule has 0 radical (unpaired) electrons. The first-order chi connectivity index (χ1) is 19.5. The van der Waals surface area contributed by atoms with E-state index in [4.69, 9.17) is 4.98 Å². The summed E-state index contributed by atoms with van der Waals surface area (Å²) in [5.74, 6) is 1.02. The quantitative estimate of drug-likeness (QED) is 0.311. The molecule has 0 unspecified atom stereocenters. The van der Waals surface area contributed by atoms with E-state index in [-0.39, 0.29) is 5.91 Å². The highest BCUT2D eigenvalue weighted by Gasteiger charge is 2.33. The number of aromatic amines is 1. The summed E-state index contributed by atoms with van der Waals surface area (Å²) in [5, 5.41) is 8.62. The van der Waals surface area contributed by atoms with E-state index in [1.54, 1.807) is 28.2 Å². The first kappa shape index (κ1) is 23.7. The van der Waals surface area contributed by atoms with Crippen molar-refractivity contribution in [1.29, 1.82) is 0 Å². The summed E-state index contributed by atoms with van der Waals surface area (Å²) in [6.07, 6.45) is 8.97. The van der Waals surface area contributed by atoms with Gasteiger partial charge >= 0.3 is 0 Å². The molecule has 6 aromatic rings. The maximum Gasteiger partial charge on any atom is 0.277 e. The van der Waals surface area contributed by atoms with Crippen LogP contribution < -0.4 is 10.2 Å². The van der Waals surface area contributed by atoms with Gasteiger partial charge in [0.05, 0.1) is 23.4 Å². The Labute approximate surface area is 229 Å². The van der Waals surface area contributed by atoms with Crippen molar-refractivity contribution in [3.8, 4) is 22.4 Å². The SMILES string of the molecule is Cc1cnc(Nc2cc(C)n(C)n2)nc1-c1c[nH]c2c(N3Cc4c(-c5cccnc5)ccnc4C3=O)cccc12. The number of rotatable bonds is 5. The third-order valence-corrected chi connectivity index (χ3v) is 7.36. The van der Waals surface area contributed by atoms with Crippen LogP contribution in [-0.2, 0) is 13.6 Å². The zero-order valence-corrected chi connectivity index (χ0v) is 22.2. The van der Waals surface area contributed by atoms with Crippen molar-refractivity contribution < 1.29 is 4.79 Å². The Morgan fingerprint density at radius 2 is 1.88 bits per heavy atom. The average molecular weight is 528 g/mol. The molecule has 0 atom stereocenters. The molecule has 7 rings (SSSR count). The second-order valence-corrected chi connectivity index (χ2v) is 9.87. The second-order valence-electron chi connectivity index (χ2n) is 9.87. The van der Waals surface area contributed by atoms with Crippen molar-refractivity contribution in [2.45, 2.75) is 20.4 Å². The Morgan fingerprint density at radius 1 is 0.975 bits per heavy atom. The van der Waals surface area contributed by atoms with Crippen molar-refractivity contribution in [2.75, 3.05) is 10.2 Å². The summed E-state index contributed by atoms with van der Waals surface area (Å²) in [6.45, 7) is 4.39. The van der Waals surface area contributed by atoms with Gasteiger partial charge in [0, 0.05) is 71.9 Å². The number of anilines is 3. The van der Waals surface area contributed by atoms with Crippen LogP contribution in [0.1, 0.15) is 27.3 Å². The average Bonchev–Trinajstić information content (AvgIpc) is 3.65. The molecule has 0 fully saturated rings. The highest BCUT2D eigenvalue weighted by atomic mass is 16.2. The topological polar surface area (TPSA) is 118 Å². The molecule has 0 saturated heterocycles. The lowest BCUT2D eigenvalue weighted by atomic mass is 10.0. The van der Waals surface area contributed by atoms with E-state index in [0.29, 0.717) is 24.0 Å². The van der Waals surface area contributed by atoms with Crippen molar-refractivity contribution in [2.24, 2.45) is 7.05 Å². The van der Waals surface area contributed by atoms with E-state index in [9.17, 15) is 4.79 Å². The molecule has 5 aromatic heterocycles. The smallest absolute Gasteiger partial charge is 0.277 e. The number of nitrogens with zero attached hydrogens (tertiary/aromatic N) is 7. The van der Waals surface area contributed by atoms with E-state index < -0.39 is 0 Å². The van der Waals surface area contributed by atoms with E-state index in [2.05, 4.69) is 30.4 Å². The monoisotopic (exact) mass is 527 g/mol. The molecule has 6 heterocycles. The van der Waals surface area contributed by atoms with Gasteiger partial charge in [0.25, 0.3) is 5.91 Å². The fourth-order valence-electron chi connectivity index (χ4n) is 5.25. The number of pyridine rings is 2. The van der Waals surface area contributed by atoms with Crippen LogP contribution in [0.2, 0.25) is 0 Å². The van der Waals surface area contributed by atoms with E-state index in [0.717, 1.165) is 55.8 Å². The number of amides is 1. The minimum absolute atomic E-state index is 0.125. The van der Waals surface area contributed by atoms with E-state index in [1.165, 1.54) is 0 Å². The number of nitrogens with one attached hydrogen (secondary N) is 2. The fraction of sp³-hybridized carbons (Fsp3) is 0.133. The lowest BCUT2D eigenvalue weighted by Gasteiger charge is -2.17. The Balaban J connectivity index is 1.26. The van der Waals surface area contributed by atoms with Crippen LogP contribution in [0.3, 0.4) is 0 Å². The van der Waals surface area contributed by atoms with Gasteiger partial charge in [-0.1, -0.05) is 18.2 Å². The predicted octanol–water partition coefficient (Wildman–Crippen LogP) is 5.34. The van der Waals surface area contributed by atoms with E-state index in [1.807, 2.05) is 75.8 Å². The lowest BCUT2D eigenvalue weighted by molar-refractivity contribution is 0.0992. The van der Waals surface area contributed by atoms with Crippen LogP contribution in [-0.4, -0.2) is 40.6 Å². The summed E-state index contributed by atoms with van der Waals surface area (Å²) in [5.41, 5.74) is 8.62. The molecule has 1 amide bonds. The molecule has 40 heavy (non-hydrogen) atoms. The molecule has 1 aliphatic rings. The molecule has 2 N–H and O–H groups in total. The molecule has 196 valence electrons. The summed E-state index contributed by atoms with van der Waals surface area (Å²) in [6, 6.07) is 13.7. The highest BCUT2D eigenvalue weighted by molar-refractivity contribution is 6.14. The number of H-pyrrole nitrogens is 1. The molecular formula is C30H25N9O. The molecule has 0 bridgehead atoms. The van der Waals surface area contributed by atoms with E-state index >= 15 is 0 Å². The zero-order chi connectivity index (χ0) is 27.4. The van der Waals surface area contributed by atoms with Crippen molar-refractivity contribution in [3.63, 3.8) is 0 Å². The Hall–Kier alpha value is -5.38. The van der Waals surface area contributed by atoms with Crippen LogP contribution >= 0.6 is 0 Å². The number of hydrogen-bond donors (Lipinski definition) is 2. The molecule has 0 saturated carbocycles. The minimum atomic E-state index is -0.125. The zero-order valence-electron chi connectivity index (χ0n) is 22.2. The number of carbonyl (C=O) groups excluding carboxylic acids is 1. The maximum absolute atomic E-state index is 13.6. The number of hydrogen-bond acceptors (Lipinski definition) is 7. The van der Waals surface area contributed by atoms with Gasteiger partial charge in [-0.05, 0) is 43.2 Å². The van der Waals surface area contributed by atoms with Crippen LogP contribution in [0.5, 0.6) is 0 Å². The van der Waals surface area contributed by atoms with Gasteiger partial charge in [-0.25, -0.2) is 9.97 Å². The van der Waals surface area contributed by atoms with Crippen molar-refractivity contribution in [1.82, 2.24) is 34.7 Å². The van der Waals surface area contributed by atoms with Gasteiger partial charge in [0.2, 0.25) is 5.95 Å². The fourth-order valence-corrected chi connectivity index (χ4v) is 5.25. The molecule has 0 aliphatic carbocycles. The number of carbonyl (C=O) groups is 1. The number of aromatic nitrogens is 7. The second kappa shape index (κ2) is 9.12. The third kappa shape index (κ3) is 3.80. The molecular weight excluding hydrogens is 502 g/mol. The first-order valence-electron chi connectivity index (χ1n) is 12.9. The number of aryl methyl sites for hydroxylation is 3. The van der Waals surface area contributed by atoms with Crippen LogP contribution in [0.25, 0.3) is 33.3 Å². The summed E-state index contributed by atoms with van der Waals surface area (Å²) in [4.78, 5) is 36.8. The van der Waals surface area contributed by atoms with Crippen molar-refractivity contribution in [3.05, 3.63) is 96.0 Å². The summed E-state index contributed by atoms with van der Waals surface area (Å²) < 4.78 is 1.80. The van der Waals surface area contributed by atoms with Gasteiger partial charge in [-0.3, -0.25) is 19.4 Å². The molecule has 1 aliphatic heterocycles. The Bertz CT molecular complexity index is 1900. The first-order valence-corrected chi connectivity index (χ1v) is 12.9. The standard InChI is InChI=1S/C30H25N9O/c1-17-13-34-30(35-25-12-18(2)38(3)37-25)36-26(17)22-15-33-27-21(22)7-4-8-24(27)39-16-23-20(19-6-5-10-31-14-19)9-11-32-28(23)29(39)40/h4-15,33H,16H2,1-3H3,(H,34,35,36,37). The van der Waals surface area contributed by atoms with Crippen LogP contribution in [0, 0.1) is 13.8 Å². The lowest BCUT2D eigenvalue weighted by Crippen LogP contribution is -2.23. The number of fused-ring (bicyclic) bond motifs is 2. The predicted molar refractivity (Wildman–Crippen MR) is 153 cm³/mol. The van der Waals surface area contributed by atoms with Gasteiger partial charge in [0.15, 0.2) is 5.82 Å². The van der Waals surface area contributed by atoms with Crippen LogP contribution in [0.15, 0.2) is 73.4 Å². The minimum Gasteiger partial charge on any atom is -0.359 e. The largest absolute Gasteiger partial charge is 0.359 e. The van der Waals surface area contributed by atoms with Gasteiger partial charge in [0.1, 0.15) is 5.69 Å². The van der Waals surface area contributed by atoms with Gasteiger partial charge in [-0.15, -0.1) is 0 Å². The van der Waals surface area contributed by atoms with Gasteiger partial charge < -0.3 is 15.2 Å².